The topological polar surface area (TPSA) is 55.1 Å². The molecule has 4 nitrogen and oxygen atoms in total. The zero-order valence-corrected chi connectivity index (χ0v) is 12.7. The largest absolute Gasteiger partial charge is 0.451 e. The number of furan rings is 1. The first-order chi connectivity index (χ1) is 10.2. The summed E-state index contributed by atoms with van der Waals surface area (Å²) in [5.41, 5.74) is 1.25. The van der Waals surface area contributed by atoms with Gasteiger partial charge in [-0.15, -0.1) is 11.8 Å². The fourth-order valence-electron chi connectivity index (χ4n) is 1.89. The average molecular weight is 319 g/mol. The van der Waals surface area contributed by atoms with Crippen molar-refractivity contribution in [2.75, 3.05) is 11.6 Å². The van der Waals surface area contributed by atoms with Crippen LogP contribution in [0.25, 0.3) is 11.0 Å². The Hall–Kier alpha value is -1.98. The Morgan fingerprint density at radius 2 is 2.14 bits per heavy atom. The van der Waals surface area contributed by atoms with E-state index in [1.807, 2.05) is 12.3 Å². The molecule has 0 radical (unpaired) electrons. The lowest BCUT2D eigenvalue weighted by Gasteiger charge is -2.02. The number of rotatable bonds is 3. The number of thioether (sulfide) groups is 1. The van der Waals surface area contributed by atoms with Crippen molar-refractivity contribution in [2.24, 2.45) is 0 Å². The monoisotopic (exact) mass is 318 g/mol. The molecule has 0 unspecified atom stereocenters. The van der Waals surface area contributed by atoms with E-state index >= 15 is 0 Å². The van der Waals surface area contributed by atoms with Crippen LogP contribution in [0.5, 0.6) is 0 Å². The van der Waals surface area contributed by atoms with Crippen molar-refractivity contribution in [3.8, 4) is 0 Å². The molecule has 1 amide bonds. The van der Waals surface area contributed by atoms with Crippen LogP contribution >= 0.6 is 23.4 Å². The molecular weight excluding hydrogens is 308 g/mol. The number of halogens is 1. The maximum absolute atomic E-state index is 12.2. The Morgan fingerprint density at radius 3 is 2.86 bits per heavy atom. The highest BCUT2D eigenvalue weighted by atomic mass is 35.5. The van der Waals surface area contributed by atoms with Gasteiger partial charge in [-0.1, -0.05) is 11.6 Å². The van der Waals surface area contributed by atoms with E-state index in [1.54, 1.807) is 48.3 Å². The van der Waals surface area contributed by atoms with E-state index in [9.17, 15) is 4.79 Å². The number of pyridine rings is 1. The lowest BCUT2D eigenvalue weighted by atomic mass is 10.2. The van der Waals surface area contributed by atoms with Gasteiger partial charge >= 0.3 is 0 Å². The van der Waals surface area contributed by atoms with Crippen LogP contribution in [-0.2, 0) is 0 Å². The Balaban J connectivity index is 1.82. The fourth-order valence-corrected chi connectivity index (χ4v) is 2.44. The molecule has 3 aromatic rings. The average Bonchev–Trinajstić information content (AvgIpc) is 2.91. The molecule has 2 heterocycles. The van der Waals surface area contributed by atoms with E-state index in [0.717, 1.165) is 10.4 Å². The Morgan fingerprint density at radius 1 is 1.29 bits per heavy atom. The third kappa shape index (κ3) is 3.04. The lowest BCUT2D eigenvalue weighted by molar-refractivity contribution is 0.0998. The number of carbonyl (C=O) groups is 1. The first-order valence-electron chi connectivity index (χ1n) is 6.16. The van der Waals surface area contributed by atoms with Crippen molar-refractivity contribution in [1.29, 1.82) is 0 Å². The minimum Gasteiger partial charge on any atom is -0.451 e. The van der Waals surface area contributed by atoms with E-state index in [0.29, 0.717) is 16.3 Å². The molecule has 1 N–H and O–H groups in total. The zero-order chi connectivity index (χ0) is 14.8. The van der Waals surface area contributed by atoms with Gasteiger partial charge in [0.05, 0.1) is 16.9 Å². The number of anilines is 1. The summed E-state index contributed by atoms with van der Waals surface area (Å²) >= 11 is 7.46. The summed E-state index contributed by atoms with van der Waals surface area (Å²) in [6.45, 7) is 0. The summed E-state index contributed by atoms with van der Waals surface area (Å²) in [6, 6.07) is 10.5. The van der Waals surface area contributed by atoms with Gasteiger partial charge in [-0.25, -0.2) is 4.98 Å². The minimum absolute atomic E-state index is 0.237. The molecule has 0 aliphatic rings. The van der Waals surface area contributed by atoms with Crippen LogP contribution in [0.4, 0.5) is 5.69 Å². The van der Waals surface area contributed by atoms with Crippen LogP contribution < -0.4 is 5.32 Å². The van der Waals surface area contributed by atoms with Gasteiger partial charge in [-0.3, -0.25) is 4.79 Å². The molecule has 0 atom stereocenters. The van der Waals surface area contributed by atoms with Crippen LogP contribution in [0.1, 0.15) is 10.6 Å². The number of hydrogen-bond acceptors (Lipinski definition) is 4. The molecule has 0 aliphatic carbocycles. The predicted octanol–water partition coefficient (Wildman–Crippen LogP) is 4.46. The van der Waals surface area contributed by atoms with Gasteiger partial charge in [0.1, 0.15) is 5.58 Å². The number of nitrogens with one attached hydrogen (secondary N) is 1. The van der Waals surface area contributed by atoms with Crippen molar-refractivity contribution < 1.29 is 9.21 Å². The van der Waals surface area contributed by atoms with E-state index in [4.69, 9.17) is 16.0 Å². The smallest absolute Gasteiger partial charge is 0.291 e. The summed E-state index contributed by atoms with van der Waals surface area (Å²) in [5.74, 6) is -0.0813. The summed E-state index contributed by atoms with van der Waals surface area (Å²) < 4.78 is 5.51. The van der Waals surface area contributed by atoms with E-state index in [-0.39, 0.29) is 11.7 Å². The molecular formula is C15H11ClN2O2S. The van der Waals surface area contributed by atoms with Crippen molar-refractivity contribution in [1.82, 2.24) is 4.98 Å². The van der Waals surface area contributed by atoms with Crippen LogP contribution in [0.3, 0.4) is 0 Å². The molecule has 0 fully saturated rings. The third-order valence-electron chi connectivity index (χ3n) is 2.91. The van der Waals surface area contributed by atoms with Crippen molar-refractivity contribution in [3.63, 3.8) is 0 Å². The van der Waals surface area contributed by atoms with Gasteiger partial charge < -0.3 is 9.73 Å². The summed E-state index contributed by atoms with van der Waals surface area (Å²) in [6.07, 6.45) is 3.56. The normalized spacial score (nSPS) is 10.8. The first-order valence-corrected chi connectivity index (χ1v) is 7.76. The van der Waals surface area contributed by atoms with Gasteiger partial charge in [0, 0.05) is 10.4 Å². The van der Waals surface area contributed by atoms with E-state index in [1.165, 1.54) is 0 Å². The first kappa shape index (κ1) is 14.0. The van der Waals surface area contributed by atoms with Gasteiger partial charge in [0.25, 0.3) is 5.91 Å². The molecule has 0 aliphatic heterocycles. The SMILES string of the molecule is CSc1ccc(NC(=O)c2cc3cc(Cl)ccc3o2)cn1. The molecule has 106 valence electrons. The standard InChI is InChI=1S/C15H11ClN2O2S/c1-21-14-5-3-11(8-17-14)18-15(19)13-7-9-6-10(16)2-4-12(9)20-13/h2-8H,1H3,(H,18,19). The van der Waals surface area contributed by atoms with Crippen molar-refractivity contribution in [2.45, 2.75) is 5.03 Å². The number of aromatic nitrogens is 1. The molecule has 0 saturated carbocycles. The highest BCUT2D eigenvalue weighted by Crippen LogP contribution is 2.23. The predicted molar refractivity (Wildman–Crippen MR) is 85.2 cm³/mol. The van der Waals surface area contributed by atoms with Gasteiger partial charge in [-0.2, -0.15) is 0 Å². The van der Waals surface area contributed by atoms with Gasteiger partial charge in [-0.05, 0) is 42.7 Å². The third-order valence-corrected chi connectivity index (χ3v) is 3.80. The van der Waals surface area contributed by atoms with Crippen LogP contribution in [0.15, 0.2) is 52.0 Å². The molecule has 1 aromatic carbocycles. The van der Waals surface area contributed by atoms with Crippen LogP contribution in [0.2, 0.25) is 5.02 Å². The summed E-state index contributed by atoms with van der Waals surface area (Å²) in [7, 11) is 0. The molecule has 6 heteroatoms. The highest BCUT2D eigenvalue weighted by molar-refractivity contribution is 7.98. The molecule has 0 saturated heterocycles. The van der Waals surface area contributed by atoms with Crippen LogP contribution in [-0.4, -0.2) is 17.1 Å². The zero-order valence-electron chi connectivity index (χ0n) is 11.1. The quantitative estimate of drug-likeness (QED) is 0.725. The maximum Gasteiger partial charge on any atom is 0.291 e. The van der Waals surface area contributed by atoms with Crippen LogP contribution in [0, 0.1) is 0 Å². The maximum atomic E-state index is 12.2. The Labute approximate surface area is 130 Å². The Kier molecular flexibility index (Phi) is 3.86. The highest BCUT2D eigenvalue weighted by Gasteiger charge is 2.13. The second-order valence-electron chi connectivity index (χ2n) is 4.34. The van der Waals surface area contributed by atoms with E-state index in [2.05, 4.69) is 10.3 Å². The molecule has 3 rings (SSSR count). The van der Waals surface area contributed by atoms with Gasteiger partial charge in [0.15, 0.2) is 5.76 Å². The summed E-state index contributed by atoms with van der Waals surface area (Å²) in [4.78, 5) is 16.4. The molecule has 21 heavy (non-hydrogen) atoms. The fraction of sp³-hybridized carbons (Fsp3) is 0.0667. The Bertz CT molecular complexity index is 799. The number of nitrogens with zero attached hydrogens (tertiary/aromatic N) is 1. The summed E-state index contributed by atoms with van der Waals surface area (Å²) in [5, 5.41) is 5.04. The van der Waals surface area contributed by atoms with Crippen molar-refractivity contribution in [3.05, 3.63) is 53.4 Å². The number of hydrogen-bond donors (Lipinski definition) is 1. The molecule has 2 aromatic heterocycles. The number of amides is 1. The number of benzene rings is 1. The van der Waals surface area contributed by atoms with Gasteiger partial charge in [0.2, 0.25) is 0 Å². The number of carbonyl (C=O) groups excluding carboxylic acids is 1. The number of fused-ring (bicyclic) bond motifs is 1. The van der Waals surface area contributed by atoms with Crippen molar-refractivity contribution >= 4 is 45.9 Å². The lowest BCUT2D eigenvalue weighted by Crippen LogP contribution is -2.10. The molecule has 0 bridgehead atoms. The van der Waals surface area contributed by atoms with E-state index < -0.39 is 0 Å². The minimum atomic E-state index is -0.318. The molecule has 0 spiro atoms. The second-order valence-corrected chi connectivity index (χ2v) is 5.60. The second kappa shape index (κ2) is 5.79.